The van der Waals surface area contributed by atoms with Crippen molar-refractivity contribution in [3.05, 3.63) is 28.2 Å². The largest absolute Gasteiger partial charge is 0.481 e. The highest BCUT2D eigenvalue weighted by Gasteiger charge is 2.30. The van der Waals surface area contributed by atoms with E-state index in [1.54, 1.807) is 32.0 Å². The lowest BCUT2D eigenvalue weighted by atomic mass is 10.0. The second kappa shape index (κ2) is 14.1. The second-order valence-corrected chi connectivity index (χ2v) is 10.3. The van der Waals surface area contributed by atoms with Gasteiger partial charge in [-0.1, -0.05) is 43.1 Å². The molecule has 0 radical (unpaired) electrons. The number of carboxylic acids is 1. The minimum Gasteiger partial charge on any atom is -0.481 e. The highest BCUT2D eigenvalue weighted by atomic mass is 35.5. The fourth-order valence-corrected chi connectivity index (χ4v) is 4.56. The molecular formula is C22H27Cl2N7O6S. The van der Waals surface area contributed by atoms with Gasteiger partial charge in [0.1, 0.15) is 18.6 Å². The molecule has 0 saturated heterocycles. The maximum Gasteiger partial charge on any atom is 0.305 e. The molecule has 0 saturated carbocycles. The number of carbonyl (C=O) groups is 5. The molecule has 0 aliphatic carbocycles. The molecule has 16 heteroatoms. The number of nitrogens with zero attached hydrogens (tertiary/aromatic N) is 4. The third-order valence-corrected chi connectivity index (χ3v) is 7.03. The fourth-order valence-electron chi connectivity index (χ4n) is 3.14. The summed E-state index contributed by atoms with van der Waals surface area (Å²) in [7, 11) is 0. The number of Topliss-reactive ketones (excluding diaryl/α,β-unsaturated/α-hetero) is 1. The minimum atomic E-state index is -1.44. The van der Waals surface area contributed by atoms with Crippen LogP contribution in [-0.2, 0) is 30.5 Å². The number of benzene rings is 1. The highest BCUT2D eigenvalue weighted by molar-refractivity contribution is 7.99. The quantitative estimate of drug-likeness (QED) is 0.266. The summed E-state index contributed by atoms with van der Waals surface area (Å²) < 4.78 is 1.12. The average Bonchev–Trinajstić information content (AvgIpc) is 3.25. The van der Waals surface area contributed by atoms with Crippen molar-refractivity contribution in [1.82, 2.24) is 36.2 Å². The van der Waals surface area contributed by atoms with E-state index in [2.05, 4.69) is 31.5 Å². The first-order valence-corrected chi connectivity index (χ1v) is 12.9. The number of halogens is 2. The predicted octanol–water partition coefficient (Wildman–Crippen LogP) is 1.33. The Morgan fingerprint density at radius 2 is 1.66 bits per heavy atom. The molecule has 0 bridgehead atoms. The topological polar surface area (TPSA) is 185 Å². The predicted molar refractivity (Wildman–Crippen MR) is 138 cm³/mol. The third kappa shape index (κ3) is 8.96. The van der Waals surface area contributed by atoms with Crippen LogP contribution in [0.15, 0.2) is 28.3 Å². The van der Waals surface area contributed by atoms with Crippen molar-refractivity contribution in [2.75, 3.05) is 0 Å². The molecule has 206 valence electrons. The first kappa shape index (κ1) is 31.0. The molecule has 4 N–H and O–H groups in total. The minimum absolute atomic E-state index is 0.159. The van der Waals surface area contributed by atoms with E-state index >= 15 is 0 Å². The van der Waals surface area contributed by atoms with Crippen molar-refractivity contribution in [3.63, 3.8) is 0 Å². The molecule has 0 spiro atoms. The van der Waals surface area contributed by atoms with Gasteiger partial charge in [-0.25, -0.2) is 4.68 Å². The second-order valence-electron chi connectivity index (χ2n) is 8.55. The van der Waals surface area contributed by atoms with Crippen molar-refractivity contribution in [2.45, 2.75) is 68.8 Å². The Labute approximate surface area is 232 Å². The van der Waals surface area contributed by atoms with Crippen molar-refractivity contribution >= 4 is 64.4 Å². The molecule has 1 heterocycles. The summed E-state index contributed by atoms with van der Waals surface area (Å²) in [6.07, 6.45) is -0.716. The van der Waals surface area contributed by atoms with Crippen LogP contribution >= 0.6 is 35.0 Å². The van der Waals surface area contributed by atoms with Crippen molar-refractivity contribution in [3.8, 4) is 0 Å². The Hall–Kier alpha value is -3.23. The van der Waals surface area contributed by atoms with Gasteiger partial charge in [-0.05, 0) is 47.2 Å². The maximum atomic E-state index is 13.0. The molecule has 38 heavy (non-hydrogen) atoms. The zero-order valence-corrected chi connectivity index (χ0v) is 23.2. The monoisotopic (exact) mass is 587 g/mol. The van der Waals surface area contributed by atoms with Crippen LogP contribution in [0.5, 0.6) is 0 Å². The van der Waals surface area contributed by atoms with E-state index in [4.69, 9.17) is 23.2 Å². The molecule has 3 amide bonds. The van der Waals surface area contributed by atoms with Crippen LogP contribution < -0.4 is 16.0 Å². The Morgan fingerprint density at radius 3 is 2.21 bits per heavy atom. The van der Waals surface area contributed by atoms with Crippen LogP contribution in [-0.4, -0.2) is 72.9 Å². The standard InChI is InChI=1S/C22H27Cl2N7O6S/c1-10(2)18(26-12(4)32)21(37)25-11(3)20(36)27-15(8-17(34)35)16(33)9-31-22(28-29-30-31)38-19-13(23)6-5-7-14(19)24/h5-7,10-11,15,18H,8-9H2,1-4H3,(H,25,37)(H,26,32)(H,27,36)(H,34,35)/t11-,15?,18-/m0/s1. The molecule has 2 rings (SSSR count). The van der Waals surface area contributed by atoms with Gasteiger partial charge in [-0.15, -0.1) is 5.10 Å². The zero-order chi connectivity index (χ0) is 28.6. The van der Waals surface area contributed by atoms with Crippen molar-refractivity contribution in [2.24, 2.45) is 5.92 Å². The van der Waals surface area contributed by atoms with Gasteiger partial charge in [0.25, 0.3) is 0 Å². The van der Waals surface area contributed by atoms with E-state index in [9.17, 15) is 29.1 Å². The van der Waals surface area contributed by atoms with Crippen LogP contribution in [0.25, 0.3) is 0 Å². The third-order valence-electron chi connectivity index (χ3n) is 5.06. The van der Waals surface area contributed by atoms with Gasteiger partial charge in [0.2, 0.25) is 22.9 Å². The Bertz CT molecular complexity index is 1190. The van der Waals surface area contributed by atoms with E-state index in [1.165, 1.54) is 13.8 Å². The number of amides is 3. The number of carbonyl (C=O) groups excluding carboxylic acids is 4. The molecule has 1 unspecified atom stereocenters. The summed E-state index contributed by atoms with van der Waals surface area (Å²) in [5, 5.41) is 28.6. The molecule has 0 aliphatic rings. The number of rotatable bonds is 13. The summed E-state index contributed by atoms with van der Waals surface area (Å²) in [6.45, 7) is 5.60. The Balaban J connectivity index is 2.12. The number of hydrogen-bond donors (Lipinski definition) is 4. The molecule has 3 atom stereocenters. The summed E-state index contributed by atoms with van der Waals surface area (Å²) in [6, 6.07) is 1.43. The van der Waals surface area contributed by atoms with Gasteiger partial charge >= 0.3 is 5.97 Å². The Kier molecular flexibility index (Phi) is 11.5. The number of hydrogen-bond acceptors (Lipinski definition) is 9. The summed E-state index contributed by atoms with van der Waals surface area (Å²) in [5.41, 5.74) is 0. The average molecular weight is 588 g/mol. The van der Waals surface area contributed by atoms with Crippen LogP contribution in [0.4, 0.5) is 0 Å². The molecule has 13 nitrogen and oxygen atoms in total. The first-order chi connectivity index (χ1) is 17.8. The number of aliphatic carboxylic acids is 1. The molecule has 1 aromatic carbocycles. The fraction of sp³-hybridized carbons (Fsp3) is 0.455. The number of aromatic nitrogens is 4. The summed E-state index contributed by atoms with van der Waals surface area (Å²) in [5.74, 6) is -4.11. The molecular weight excluding hydrogens is 561 g/mol. The van der Waals surface area contributed by atoms with Gasteiger partial charge in [-0.2, -0.15) is 0 Å². The van der Waals surface area contributed by atoms with Crippen LogP contribution in [0.3, 0.4) is 0 Å². The normalized spacial score (nSPS) is 13.3. The number of tetrazole rings is 1. The van der Waals surface area contributed by atoms with Gasteiger partial charge in [0.05, 0.1) is 27.4 Å². The van der Waals surface area contributed by atoms with Gasteiger partial charge < -0.3 is 21.1 Å². The smallest absolute Gasteiger partial charge is 0.305 e. The SMILES string of the molecule is CC(=O)N[C@H](C(=O)N[C@@H](C)C(=O)NC(CC(=O)O)C(=O)Cn1nnnc1Sc1c(Cl)cccc1Cl)C(C)C. The number of nitrogens with one attached hydrogen (secondary N) is 3. The van der Waals surface area contributed by atoms with Gasteiger partial charge in [0.15, 0.2) is 5.78 Å². The molecule has 0 aliphatic heterocycles. The highest BCUT2D eigenvalue weighted by Crippen LogP contribution is 2.37. The van der Waals surface area contributed by atoms with E-state index in [-0.39, 0.29) is 11.1 Å². The molecule has 0 fully saturated rings. The van der Waals surface area contributed by atoms with Crippen LogP contribution in [0.1, 0.15) is 34.1 Å². The zero-order valence-electron chi connectivity index (χ0n) is 20.9. The lowest BCUT2D eigenvalue weighted by molar-refractivity contribution is -0.140. The van der Waals surface area contributed by atoms with Gasteiger partial charge in [0, 0.05) is 6.92 Å². The number of ketones is 1. The first-order valence-electron chi connectivity index (χ1n) is 11.3. The lowest BCUT2D eigenvalue weighted by Gasteiger charge is -2.24. The summed E-state index contributed by atoms with van der Waals surface area (Å²) >= 11 is 13.4. The van der Waals surface area contributed by atoms with E-state index in [0.29, 0.717) is 14.9 Å². The molecule has 1 aromatic heterocycles. The van der Waals surface area contributed by atoms with Crippen LogP contribution in [0, 0.1) is 5.92 Å². The number of carboxylic acid groups (broad SMARTS) is 1. The summed E-state index contributed by atoms with van der Waals surface area (Å²) in [4.78, 5) is 61.6. The lowest BCUT2D eigenvalue weighted by Crippen LogP contribution is -2.56. The molecule has 2 aromatic rings. The van der Waals surface area contributed by atoms with E-state index in [1.807, 2.05) is 0 Å². The van der Waals surface area contributed by atoms with Crippen LogP contribution in [0.2, 0.25) is 10.0 Å². The van der Waals surface area contributed by atoms with E-state index in [0.717, 1.165) is 16.4 Å². The maximum absolute atomic E-state index is 13.0. The van der Waals surface area contributed by atoms with E-state index < -0.39 is 60.6 Å². The van der Waals surface area contributed by atoms with Gasteiger partial charge in [-0.3, -0.25) is 24.0 Å². The Morgan fingerprint density at radius 1 is 1.03 bits per heavy atom. The van der Waals surface area contributed by atoms with Crippen molar-refractivity contribution < 1.29 is 29.1 Å². The van der Waals surface area contributed by atoms with Crippen molar-refractivity contribution in [1.29, 1.82) is 0 Å².